The van der Waals surface area contributed by atoms with Crippen LogP contribution < -0.4 is 0 Å². The highest BCUT2D eigenvalue weighted by atomic mass is 79.9. The predicted octanol–water partition coefficient (Wildman–Crippen LogP) is 4.12. The van der Waals surface area contributed by atoms with Gasteiger partial charge in [0.25, 0.3) is 5.91 Å². The minimum atomic E-state index is 0.132. The molecule has 116 valence electrons. The highest BCUT2D eigenvalue weighted by Crippen LogP contribution is 2.24. The SMILES string of the molecule is O=C(c1ccc(Br)s1)N1CCN(Cc2ccccc2Cl)CC1. The Kier molecular flexibility index (Phi) is 5.18. The number of carbonyl (C=O) groups excluding carboxylic acids is 1. The molecule has 1 fully saturated rings. The van der Waals surface area contributed by atoms with Crippen LogP contribution in [-0.2, 0) is 6.54 Å². The van der Waals surface area contributed by atoms with Crippen molar-refractivity contribution in [2.24, 2.45) is 0 Å². The summed E-state index contributed by atoms with van der Waals surface area (Å²) in [6.07, 6.45) is 0. The third-order valence-electron chi connectivity index (χ3n) is 3.80. The second-order valence-electron chi connectivity index (χ2n) is 5.26. The molecule has 0 N–H and O–H groups in total. The zero-order valence-corrected chi connectivity index (χ0v) is 15.1. The molecule has 0 atom stereocenters. The summed E-state index contributed by atoms with van der Waals surface area (Å²) in [7, 11) is 0. The summed E-state index contributed by atoms with van der Waals surface area (Å²) >= 11 is 11.1. The molecule has 0 bridgehead atoms. The van der Waals surface area contributed by atoms with Crippen molar-refractivity contribution < 1.29 is 4.79 Å². The maximum Gasteiger partial charge on any atom is 0.264 e. The molecule has 1 aliphatic heterocycles. The van der Waals surface area contributed by atoms with Crippen LogP contribution in [0.25, 0.3) is 0 Å². The van der Waals surface area contributed by atoms with Crippen molar-refractivity contribution in [3.8, 4) is 0 Å². The fraction of sp³-hybridized carbons (Fsp3) is 0.312. The average Bonchev–Trinajstić information content (AvgIpc) is 2.96. The number of thiophene rings is 1. The van der Waals surface area contributed by atoms with E-state index in [1.807, 2.05) is 35.2 Å². The average molecular weight is 400 g/mol. The summed E-state index contributed by atoms with van der Waals surface area (Å²) < 4.78 is 0.994. The van der Waals surface area contributed by atoms with Crippen LogP contribution >= 0.6 is 38.9 Å². The first-order valence-corrected chi connectivity index (χ1v) is 9.12. The summed E-state index contributed by atoms with van der Waals surface area (Å²) in [6, 6.07) is 11.7. The van der Waals surface area contributed by atoms with E-state index in [1.165, 1.54) is 11.3 Å². The third kappa shape index (κ3) is 3.71. The van der Waals surface area contributed by atoms with E-state index in [4.69, 9.17) is 11.6 Å². The van der Waals surface area contributed by atoms with Crippen molar-refractivity contribution in [2.45, 2.75) is 6.54 Å². The van der Waals surface area contributed by atoms with Gasteiger partial charge in [0.15, 0.2) is 0 Å². The van der Waals surface area contributed by atoms with Crippen molar-refractivity contribution in [2.75, 3.05) is 26.2 Å². The second-order valence-corrected chi connectivity index (χ2v) is 8.13. The topological polar surface area (TPSA) is 23.6 Å². The third-order valence-corrected chi connectivity index (χ3v) is 5.78. The summed E-state index contributed by atoms with van der Waals surface area (Å²) in [4.78, 5) is 17.5. The number of hydrogen-bond acceptors (Lipinski definition) is 3. The van der Waals surface area contributed by atoms with Crippen LogP contribution in [0, 0.1) is 0 Å². The Balaban J connectivity index is 1.56. The van der Waals surface area contributed by atoms with Crippen molar-refractivity contribution in [1.82, 2.24) is 9.80 Å². The molecular weight excluding hydrogens is 384 g/mol. The van der Waals surface area contributed by atoms with Crippen molar-refractivity contribution in [3.05, 3.63) is 55.6 Å². The largest absolute Gasteiger partial charge is 0.335 e. The molecular formula is C16H16BrClN2OS. The Bertz CT molecular complexity index is 668. The molecule has 3 rings (SSSR count). The van der Waals surface area contributed by atoms with Crippen LogP contribution in [0.3, 0.4) is 0 Å². The quantitative estimate of drug-likeness (QED) is 0.775. The van der Waals surface area contributed by atoms with Gasteiger partial charge in [0.1, 0.15) is 0 Å². The van der Waals surface area contributed by atoms with Crippen molar-refractivity contribution >= 4 is 44.8 Å². The monoisotopic (exact) mass is 398 g/mol. The summed E-state index contributed by atoms with van der Waals surface area (Å²) in [5, 5.41) is 0.810. The Labute approximate surface area is 147 Å². The zero-order valence-electron chi connectivity index (χ0n) is 12.0. The van der Waals surface area contributed by atoms with E-state index in [0.29, 0.717) is 0 Å². The number of carbonyl (C=O) groups is 1. The molecule has 0 unspecified atom stereocenters. The summed E-state index contributed by atoms with van der Waals surface area (Å²) in [5.74, 6) is 0.132. The van der Waals surface area contributed by atoms with Gasteiger partial charge in [0.05, 0.1) is 8.66 Å². The van der Waals surface area contributed by atoms with E-state index < -0.39 is 0 Å². The van der Waals surface area contributed by atoms with E-state index >= 15 is 0 Å². The molecule has 0 aliphatic carbocycles. The molecule has 1 amide bonds. The molecule has 6 heteroatoms. The number of hydrogen-bond donors (Lipinski definition) is 0. The molecule has 1 aromatic heterocycles. The molecule has 1 aromatic carbocycles. The first-order chi connectivity index (χ1) is 10.6. The van der Waals surface area contributed by atoms with E-state index in [0.717, 1.165) is 52.0 Å². The van der Waals surface area contributed by atoms with E-state index in [2.05, 4.69) is 26.9 Å². The Morgan fingerprint density at radius 3 is 2.50 bits per heavy atom. The van der Waals surface area contributed by atoms with Gasteiger partial charge in [-0.2, -0.15) is 0 Å². The number of rotatable bonds is 3. The minimum Gasteiger partial charge on any atom is -0.335 e. The Morgan fingerprint density at radius 2 is 1.86 bits per heavy atom. The van der Waals surface area contributed by atoms with Gasteiger partial charge in [-0.3, -0.25) is 9.69 Å². The lowest BCUT2D eigenvalue weighted by atomic mass is 10.2. The molecule has 0 radical (unpaired) electrons. The molecule has 1 aliphatic rings. The highest BCUT2D eigenvalue weighted by Gasteiger charge is 2.23. The van der Waals surface area contributed by atoms with Crippen LogP contribution in [0.1, 0.15) is 15.2 Å². The van der Waals surface area contributed by atoms with Crippen LogP contribution in [0.15, 0.2) is 40.2 Å². The van der Waals surface area contributed by atoms with Crippen LogP contribution in [0.2, 0.25) is 5.02 Å². The van der Waals surface area contributed by atoms with Gasteiger partial charge in [0, 0.05) is 37.7 Å². The summed E-state index contributed by atoms with van der Waals surface area (Å²) in [5.41, 5.74) is 1.14. The predicted molar refractivity (Wildman–Crippen MR) is 94.7 cm³/mol. The van der Waals surface area contributed by atoms with Gasteiger partial charge < -0.3 is 4.90 Å². The van der Waals surface area contributed by atoms with Crippen LogP contribution in [0.4, 0.5) is 0 Å². The van der Waals surface area contributed by atoms with Gasteiger partial charge in [0.2, 0.25) is 0 Å². The molecule has 3 nitrogen and oxygen atoms in total. The number of amides is 1. The fourth-order valence-electron chi connectivity index (χ4n) is 2.56. The molecule has 0 spiro atoms. The van der Waals surface area contributed by atoms with E-state index in [1.54, 1.807) is 0 Å². The molecule has 0 saturated carbocycles. The van der Waals surface area contributed by atoms with Crippen molar-refractivity contribution in [1.29, 1.82) is 0 Å². The minimum absolute atomic E-state index is 0.132. The smallest absolute Gasteiger partial charge is 0.264 e. The normalized spacial score (nSPS) is 16.0. The van der Waals surface area contributed by atoms with Gasteiger partial charge in [-0.05, 0) is 39.7 Å². The maximum absolute atomic E-state index is 12.4. The van der Waals surface area contributed by atoms with E-state index in [-0.39, 0.29) is 5.91 Å². The van der Waals surface area contributed by atoms with Gasteiger partial charge >= 0.3 is 0 Å². The lowest BCUT2D eigenvalue weighted by molar-refractivity contribution is 0.0633. The number of nitrogens with zero attached hydrogens (tertiary/aromatic N) is 2. The van der Waals surface area contributed by atoms with Crippen molar-refractivity contribution in [3.63, 3.8) is 0 Å². The molecule has 1 saturated heterocycles. The van der Waals surface area contributed by atoms with Gasteiger partial charge in [-0.1, -0.05) is 29.8 Å². The highest BCUT2D eigenvalue weighted by molar-refractivity contribution is 9.11. The van der Waals surface area contributed by atoms with Gasteiger partial charge in [-0.15, -0.1) is 11.3 Å². The van der Waals surface area contributed by atoms with Crippen LogP contribution in [0.5, 0.6) is 0 Å². The lowest BCUT2D eigenvalue weighted by Gasteiger charge is -2.34. The van der Waals surface area contributed by atoms with Gasteiger partial charge in [-0.25, -0.2) is 0 Å². The lowest BCUT2D eigenvalue weighted by Crippen LogP contribution is -2.48. The molecule has 2 heterocycles. The summed E-state index contributed by atoms with van der Waals surface area (Å²) in [6.45, 7) is 4.12. The zero-order chi connectivity index (χ0) is 15.5. The number of benzene rings is 1. The molecule has 22 heavy (non-hydrogen) atoms. The second kappa shape index (κ2) is 7.13. The fourth-order valence-corrected chi connectivity index (χ4v) is 4.11. The Morgan fingerprint density at radius 1 is 1.14 bits per heavy atom. The number of halogens is 2. The Hall–Kier alpha value is -0.880. The molecule has 2 aromatic rings. The first-order valence-electron chi connectivity index (χ1n) is 7.14. The number of piperazine rings is 1. The van der Waals surface area contributed by atoms with Crippen LogP contribution in [-0.4, -0.2) is 41.9 Å². The first kappa shape index (κ1) is 16.0. The standard InChI is InChI=1S/C16H16BrClN2OS/c17-15-6-5-14(22-15)16(21)20-9-7-19(8-10-20)11-12-3-1-2-4-13(12)18/h1-6H,7-11H2. The van der Waals surface area contributed by atoms with E-state index in [9.17, 15) is 4.79 Å². The maximum atomic E-state index is 12.4.